The monoisotopic (exact) mass is 642 g/mol. The molecule has 0 unspecified atom stereocenters. The lowest BCUT2D eigenvalue weighted by molar-refractivity contribution is 0.122. The smallest absolute Gasteiger partial charge is 0.229 e. The Morgan fingerprint density at radius 1 is 1.12 bits per heavy atom. The van der Waals surface area contributed by atoms with Gasteiger partial charge < -0.3 is 25.0 Å². The molecule has 2 aromatic heterocycles. The van der Waals surface area contributed by atoms with Crippen molar-refractivity contribution in [3.63, 3.8) is 0 Å². The van der Waals surface area contributed by atoms with Gasteiger partial charge in [0.25, 0.3) is 0 Å². The molecule has 0 saturated carbocycles. The number of aryl methyl sites for hydroxylation is 2. The van der Waals surface area contributed by atoms with Crippen LogP contribution in [0.5, 0.6) is 5.75 Å². The molecular weight excluding hydrogens is 610 g/mol. The number of hydrogen-bond acceptors (Lipinski definition) is 9. The van der Waals surface area contributed by atoms with E-state index in [1.54, 1.807) is 25.5 Å². The van der Waals surface area contributed by atoms with Crippen LogP contribution in [0.15, 0.2) is 41.1 Å². The number of anilines is 5. The van der Waals surface area contributed by atoms with E-state index in [-0.39, 0.29) is 5.82 Å². The Labute approximate surface area is 248 Å². The van der Waals surface area contributed by atoms with Crippen LogP contribution in [0.2, 0.25) is 0 Å². The molecule has 216 valence electrons. The first-order valence-corrected chi connectivity index (χ1v) is 16.3. The maximum absolute atomic E-state index is 15.8. The van der Waals surface area contributed by atoms with E-state index in [2.05, 4.69) is 52.7 Å². The molecular formula is C28H33BrFN8O2P. The number of hydrogen-bond donors (Lipinski definition) is 2. The van der Waals surface area contributed by atoms with Crippen molar-refractivity contribution < 1.29 is 13.9 Å². The molecule has 0 aliphatic carbocycles. The first-order chi connectivity index (χ1) is 19.7. The molecule has 2 aromatic carbocycles. The van der Waals surface area contributed by atoms with Crippen LogP contribution in [0, 0.1) is 12.7 Å². The summed E-state index contributed by atoms with van der Waals surface area (Å²) in [5, 5.41) is 15.6. The zero-order valence-electron chi connectivity index (χ0n) is 23.7. The van der Waals surface area contributed by atoms with Gasteiger partial charge in [-0.2, -0.15) is 20.0 Å². The lowest BCUT2D eigenvalue weighted by atomic mass is 10.1. The van der Waals surface area contributed by atoms with Gasteiger partial charge in [-0.25, -0.2) is 9.37 Å². The van der Waals surface area contributed by atoms with Crippen molar-refractivity contribution in [2.75, 3.05) is 61.8 Å². The van der Waals surface area contributed by atoms with Crippen molar-refractivity contribution in [3.05, 3.63) is 52.5 Å². The molecule has 2 N–H and O–H groups in total. The standard InChI is InChI=1S/C28H33BrFN8O2P/c1-6-40-24-14-21(17(2)13-23(24)38-9-11-39-12-10-38)34-28-31-15-19(29)27(35-28)33-20-8-7-18(22-16-32-37(3)36-22)25(30)26(20)41(4)5/h7-8,13-16H,6,9-12H2,1-5H3,(H2,31,33,34,35). The fraction of sp³-hybridized carbons (Fsp3) is 0.357. The number of aromatic nitrogens is 5. The van der Waals surface area contributed by atoms with Crippen LogP contribution in [-0.4, -0.2) is 71.2 Å². The first-order valence-electron chi connectivity index (χ1n) is 13.3. The maximum Gasteiger partial charge on any atom is 0.229 e. The van der Waals surface area contributed by atoms with Gasteiger partial charge >= 0.3 is 0 Å². The molecule has 1 saturated heterocycles. The van der Waals surface area contributed by atoms with Gasteiger partial charge in [0.15, 0.2) is 0 Å². The molecule has 10 nitrogen and oxygen atoms in total. The molecule has 1 aliphatic heterocycles. The maximum atomic E-state index is 15.8. The number of ether oxygens (including phenoxy) is 2. The predicted molar refractivity (Wildman–Crippen MR) is 166 cm³/mol. The highest BCUT2D eigenvalue weighted by atomic mass is 79.9. The second-order valence-corrected chi connectivity index (χ2v) is 12.8. The van der Waals surface area contributed by atoms with E-state index in [1.807, 2.05) is 39.3 Å². The number of morpholine rings is 1. The summed E-state index contributed by atoms with van der Waals surface area (Å²) >= 11 is 3.55. The lowest BCUT2D eigenvalue weighted by Crippen LogP contribution is -2.36. The molecule has 0 atom stereocenters. The number of benzene rings is 2. The van der Waals surface area contributed by atoms with Gasteiger partial charge in [-0.3, -0.25) is 0 Å². The molecule has 3 heterocycles. The number of rotatable bonds is 9. The SMILES string of the molecule is CCOc1cc(Nc2ncc(Br)c(Nc3ccc(-c4cnn(C)n4)c(F)c3P(C)C)n2)c(C)cc1N1CCOCC1. The summed E-state index contributed by atoms with van der Waals surface area (Å²) in [5.41, 5.74) is 4.46. The molecule has 0 amide bonds. The van der Waals surface area contributed by atoms with Crippen LogP contribution in [0.4, 0.5) is 33.2 Å². The van der Waals surface area contributed by atoms with Gasteiger partial charge in [0.05, 0.1) is 41.9 Å². The van der Waals surface area contributed by atoms with Gasteiger partial charge in [0, 0.05) is 49.0 Å². The minimum atomic E-state index is -0.803. The summed E-state index contributed by atoms with van der Waals surface area (Å²) in [6, 6.07) is 7.68. The van der Waals surface area contributed by atoms with Gasteiger partial charge in [0.2, 0.25) is 5.95 Å². The Kier molecular flexibility index (Phi) is 9.01. The predicted octanol–water partition coefficient (Wildman–Crippen LogP) is 5.57. The fourth-order valence-corrected chi connectivity index (χ4v) is 6.08. The number of nitrogens with one attached hydrogen (secondary N) is 2. The number of nitrogens with zero attached hydrogens (tertiary/aromatic N) is 6. The van der Waals surface area contributed by atoms with Crippen molar-refractivity contribution >= 4 is 58.0 Å². The summed E-state index contributed by atoms with van der Waals surface area (Å²) in [6.45, 7) is 11.6. The van der Waals surface area contributed by atoms with Crippen molar-refractivity contribution in [2.24, 2.45) is 7.05 Å². The second-order valence-electron chi connectivity index (χ2n) is 9.74. The van der Waals surface area contributed by atoms with Gasteiger partial charge in [-0.1, -0.05) is 7.92 Å². The van der Waals surface area contributed by atoms with E-state index >= 15 is 4.39 Å². The third-order valence-electron chi connectivity index (χ3n) is 6.64. The number of halogens is 2. The van der Waals surface area contributed by atoms with Crippen molar-refractivity contribution in [1.82, 2.24) is 25.0 Å². The normalized spacial score (nSPS) is 13.5. The van der Waals surface area contributed by atoms with Crippen LogP contribution in [0.25, 0.3) is 11.3 Å². The third-order valence-corrected chi connectivity index (χ3v) is 8.55. The summed E-state index contributed by atoms with van der Waals surface area (Å²) in [6.07, 6.45) is 3.23. The van der Waals surface area contributed by atoms with Crippen molar-refractivity contribution in [3.8, 4) is 17.0 Å². The molecule has 1 aliphatic rings. The van der Waals surface area contributed by atoms with Crippen LogP contribution in [0.3, 0.4) is 0 Å². The third kappa shape index (κ3) is 6.45. The molecule has 1 fully saturated rings. The molecule has 0 spiro atoms. The van der Waals surface area contributed by atoms with Crippen LogP contribution in [0.1, 0.15) is 12.5 Å². The fourth-order valence-electron chi connectivity index (χ4n) is 4.66. The molecule has 0 radical (unpaired) electrons. The summed E-state index contributed by atoms with van der Waals surface area (Å²) in [4.78, 5) is 12.9. The van der Waals surface area contributed by atoms with E-state index < -0.39 is 7.92 Å². The molecule has 4 aromatic rings. The Balaban J connectivity index is 1.44. The van der Waals surface area contributed by atoms with Gasteiger partial charge in [-0.15, -0.1) is 0 Å². The Morgan fingerprint density at radius 2 is 1.90 bits per heavy atom. The Hall–Kier alpha value is -3.34. The average molecular weight is 644 g/mol. The Morgan fingerprint density at radius 3 is 2.59 bits per heavy atom. The molecule has 41 heavy (non-hydrogen) atoms. The molecule has 13 heteroatoms. The van der Waals surface area contributed by atoms with Crippen LogP contribution >= 0.6 is 23.9 Å². The van der Waals surface area contributed by atoms with E-state index in [4.69, 9.17) is 14.5 Å². The van der Waals surface area contributed by atoms with Gasteiger partial charge in [0.1, 0.15) is 23.1 Å². The van der Waals surface area contributed by atoms with E-state index in [0.29, 0.717) is 58.3 Å². The highest BCUT2D eigenvalue weighted by molar-refractivity contribution is 9.10. The zero-order chi connectivity index (χ0) is 29.1. The van der Waals surface area contributed by atoms with Crippen molar-refractivity contribution in [2.45, 2.75) is 13.8 Å². The first kappa shape index (κ1) is 29.2. The highest BCUT2D eigenvalue weighted by Crippen LogP contribution is 2.38. The quantitative estimate of drug-likeness (QED) is 0.227. The average Bonchev–Trinajstić information content (AvgIpc) is 3.38. The van der Waals surface area contributed by atoms with Gasteiger partial charge in [-0.05, 0) is 66.9 Å². The topological polar surface area (TPSA) is 102 Å². The summed E-state index contributed by atoms with van der Waals surface area (Å²) in [7, 11) is 0.905. The highest BCUT2D eigenvalue weighted by Gasteiger charge is 2.21. The minimum absolute atomic E-state index is 0.311. The summed E-state index contributed by atoms with van der Waals surface area (Å²) < 4.78 is 28.0. The van der Waals surface area contributed by atoms with Crippen LogP contribution in [-0.2, 0) is 11.8 Å². The van der Waals surface area contributed by atoms with E-state index in [0.717, 1.165) is 35.8 Å². The van der Waals surface area contributed by atoms with E-state index in [1.165, 1.54) is 4.80 Å². The second kappa shape index (κ2) is 12.7. The van der Waals surface area contributed by atoms with Crippen LogP contribution < -0.4 is 25.6 Å². The molecule has 0 bridgehead atoms. The zero-order valence-corrected chi connectivity index (χ0v) is 26.2. The minimum Gasteiger partial charge on any atom is -0.492 e. The van der Waals surface area contributed by atoms with E-state index in [9.17, 15) is 0 Å². The summed E-state index contributed by atoms with van der Waals surface area (Å²) in [5.74, 6) is 1.39. The largest absolute Gasteiger partial charge is 0.492 e. The molecule has 5 rings (SSSR count). The van der Waals surface area contributed by atoms with Crippen molar-refractivity contribution in [1.29, 1.82) is 0 Å². The lowest BCUT2D eigenvalue weighted by Gasteiger charge is -2.31. The Bertz CT molecular complexity index is 1540.